The van der Waals surface area contributed by atoms with E-state index < -0.39 is 30.0 Å². The predicted octanol–water partition coefficient (Wildman–Crippen LogP) is 5.89. The molecule has 0 bridgehead atoms. The first-order chi connectivity index (χ1) is 15.7. The Hall–Kier alpha value is -3.68. The second-order valence-electron chi connectivity index (χ2n) is 7.72. The topological polar surface area (TPSA) is 41.9 Å². The molecule has 170 valence electrons. The van der Waals surface area contributed by atoms with Gasteiger partial charge in [-0.25, -0.2) is 9.18 Å². The minimum atomic E-state index is -5.19. The third-order valence-electron chi connectivity index (χ3n) is 5.39. The van der Waals surface area contributed by atoms with Crippen LogP contribution in [0.4, 0.5) is 17.6 Å². The fourth-order valence-electron chi connectivity index (χ4n) is 3.75. The number of rotatable bonds is 5. The number of alkyl halides is 3. The number of nitrogens with zero attached hydrogens (tertiary/aromatic N) is 2. The molecule has 0 fully saturated rings. The van der Waals surface area contributed by atoms with Crippen LogP contribution in [0.1, 0.15) is 34.3 Å². The van der Waals surface area contributed by atoms with Gasteiger partial charge in [0.1, 0.15) is 23.7 Å². The molecule has 2 unspecified atom stereocenters. The Morgan fingerprint density at radius 3 is 2.15 bits per heavy atom. The molecule has 3 aromatic rings. The minimum absolute atomic E-state index is 0.0188. The zero-order valence-corrected chi connectivity index (χ0v) is 17.6. The van der Waals surface area contributed by atoms with Gasteiger partial charge in [0.2, 0.25) is 0 Å². The highest BCUT2D eigenvalue weighted by Crippen LogP contribution is 2.43. The molecule has 0 amide bonds. The molecular formula is C25H20F4N2O2. The summed E-state index contributed by atoms with van der Waals surface area (Å²) < 4.78 is 53.5. The lowest BCUT2D eigenvalue weighted by atomic mass is 9.94. The molecule has 4 nitrogen and oxygen atoms in total. The van der Waals surface area contributed by atoms with Crippen molar-refractivity contribution in [2.45, 2.75) is 31.6 Å². The SMILES string of the molecule is Cc1ccc(CC2=NC(c3ccccc3)C(c3ccccc3)N2OC(=O)C(F)(F)F)cc1F. The summed E-state index contributed by atoms with van der Waals surface area (Å²) in [7, 11) is 0. The van der Waals surface area contributed by atoms with Gasteiger partial charge in [-0.2, -0.15) is 18.2 Å². The van der Waals surface area contributed by atoms with Crippen molar-refractivity contribution in [1.29, 1.82) is 0 Å². The first-order valence-corrected chi connectivity index (χ1v) is 10.2. The Labute approximate surface area is 188 Å². The third-order valence-corrected chi connectivity index (χ3v) is 5.39. The average molecular weight is 456 g/mol. The number of aryl methyl sites for hydroxylation is 1. The Morgan fingerprint density at radius 2 is 1.58 bits per heavy atom. The van der Waals surface area contributed by atoms with Crippen LogP contribution in [0.2, 0.25) is 0 Å². The van der Waals surface area contributed by atoms with E-state index in [1.54, 1.807) is 61.5 Å². The second kappa shape index (κ2) is 9.05. The van der Waals surface area contributed by atoms with Gasteiger partial charge in [-0.3, -0.25) is 4.99 Å². The van der Waals surface area contributed by atoms with Crippen molar-refractivity contribution in [1.82, 2.24) is 5.06 Å². The Morgan fingerprint density at radius 1 is 0.970 bits per heavy atom. The molecule has 0 saturated heterocycles. The van der Waals surface area contributed by atoms with Gasteiger partial charge in [0.05, 0.1) is 0 Å². The predicted molar refractivity (Wildman–Crippen MR) is 115 cm³/mol. The molecule has 2 atom stereocenters. The number of carbonyl (C=O) groups is 1. The smallest absolute Gasteiger partial charge is 0.330 e. The lowest BCUT2D eigenvalue weighted by Gasteiger charge is -2.29. The van der Waals surface area contributed by atoms with Gasteiger partial charge >= 0.3 is 12.1 Å². The van der Waals surface area contributed by atoms with Crippen LogP contribution < -0.4 is 0 Å². The highest BCUT2D eigenvalue weighted by molar-refractivity contribution is 5.88. The van der Waals surface area contributed by atoms with E-state index in [4.69, 9.17) is 4.84 Å². The molecule has 0 radical (unpaired) electrons. The zero-order valence-electron chi connectivity index (χ0n) is 17.6. The molecule has 3 aromatic carbocycles. The van der Waals surface area contributed by atoms with Crippen LogP contribution in [0.5, 0.6) is 0 Å². The maximum atomic E-state index is 14.1. The molecule has 1 aliphatic rings. The lowest BCUT2D eigenvalue weighted by Crippen LogP contribution is -2.39. The number of benzene rings is 3. The Balaban J connectivity index is 1.79. The molecule has 0 aliphatic carbocycles. The van der Waals surface area contributed by atoms with Crippen LogP contribution in [0.3, 0.4) is 0 Å². The van der Waals surface area contributed by atoms with Crippen LogP contribution in [-0.4, -0.2) is 23.0 Å². The molecule has 0 N–H and O–H groups in total. The van der Waals surface area contributed by atoms with Gasteiger partial charge in [0.15, 0.2) is 0 Å². The van der Waals surface area contributed by atoms with E-state index in [-0.39, 0.29) is 12.3 Å². The number of aliphatic imine (C=N–C) groups is 1. The van der Waals surface area contributed by atoms with Crippen LogP contribution in [0, 0.1) is 12.7 Å². The summed E-state index contributed by atoms with van der Waals surface area (Å²) in [6.45, 7) is 1.61. The molecular weight excluding hydrogens is 436 g/mol. The number of hydrogen-bond acceptors (Lipinski definition) is 4. The maximum absolute atomic E-state index is 14.1. The molecule has 8 heteroatoms. The highest BCUT2D eigenvalue weighted by Gasteiger charge is 2.47. The summed E-state index contributed by atoms with van der Waals surface area (Å²) in [5.74, 6) is -2.69. The molecule has 4 rings (SSSR count). The van der Waals surface area contributed by atoms with Crippen molar-refractivity contribution in [3.8, 4) is 0 Å². The van der Waals surface area contributed by atoms with E-state index in [0.29, 0.717) is 16.7 Å². The van der Waals surface area contributed by atoms with Crippen LogP contribution >= 0.6 is 0 Å². The lowest BCUT2D eigenvalue weighted by molar-refractivity contribution is -0.230. The van der Waals surface area contributed by atoms with Gasteiger partial charge in [-0.15, -0.1) is 0 Å². The average Bonchev–Trinajstić information content (AvgIpc) is 3.14. The largest absolute Gasteiger partial charge is 0.493 e. The summed E-state index contributed by atoms with van der Waals surface area (Å²) in [4.78, 5) is 21.4. The van der Waals surface area contributed by atoms with Crippen molar-refractivity contribution >= 4 is 11.8 Å². The number of hydroxylamine groups is 2. The van der Waals surface area contributed by atoms with Gasteiger partial charge < -0.3 is 4.84 Å². The summed E-state index contributed by atoms with van der Waals surface area (Å²) in [6, 6.07) is 20.8. The van der Waals surface area contributed by atoms with Gasteiger partial charge in [-0.1, -0.05) is 72.8 Å². The molecule has 33 heavy (non-hydrogen) atoms. The van der Waals surface area contributed by atoms with E-state index in [0.717, 1.165) is 10.6 Å². The highest BCUT2D eigenvalue weighted by atomic mass is 19.4. The van der Waals surface area contributed by atoms with Crippen molar-refractivity contribution in [2.75, 3.05) is 0 Å². The first kappa shape index (κ1) is 22.5. The van der Waals surface area contributed by atoms with E-state index in [2.05, 4.69) is 4.99 Å². The molecule has 1 heterocycles. The first-order valence-electron chi connectivity index (χ1n) is 10.2. The maximum Gasteiger partial charge on any atom is 0.493 e. The van der Waals surface area contributed by atoms with Crippen molar-refractivity contribution in [3.05, 3.63) is 107 Å². The number of carbonyl (C=O) groups excluding carboxylic acids is 1. The summed E-state index contributed by atoms with van der Waals surface area (Å²) in [5, 5.41) is 0.917. The van der Waals surface area contributed by atoms with E-state index in [9.17, 15) is 22.4 Å². The Kier molecular flexibility index (Phi) is 6.18. The van der Waals surface area contributed by atoms with E-state index in [1.807, 2.05) is 18.2 Å². The molecule has 1 aliphatic heterocycles. The Bertz CT molecular complexity index is 1160. The number of halogens is 4. The van der Waals surface area contributed by atoms with Crippen molar-refractivity contribution in [2.24, 2.45) is 4.99 Å². The van der Waals surface area contributed by atoms with Crippen molar-refractivity contribution in [3.63, 3.8) is 0 Å². The van der Waals surface area contributed by atoms with Crippen molar-refractivity contribution < 1.29 is 27.2 Å². The summed E-state index contributed by atoms with van der Waals surface area (Å²) in [6.07, 6.45) is -5.21. The monoisotopic (exact) mass is 456 g/mol. The fraction of sp³-hybridized carbons (Fsp3) is 0.200. The molecule has 0 aromatic heterocycles. The van der Waals surface area contributed by atoms with E-state index in [1.165, 1.54) is 6.07 Å². The van der Waals surface area contributed by atoms with Crippen LogP contribution in [0.25, 0.3) is 0 Å². The zero-order chi connectivity index (χ0) is 23.6. The second-order valence-corrected chi connectivity index (χ2v) is 7.72. The number of hydrogen-bond donors (Lipinski definition) is 0. The van der Waals surface area contributed by atoms with Crippen LogP contribution in [-0.2, 0) is 16.1 Å². The number of amidine groups is 1. The minimum Gasteiger partial charge on any atom is -0.330 e. The van der Waals surface area contributed by atoms with Gasteiger partial charge in [-0.05, 0) is 35.2 Å². The normalized spacial score (nSPS) is 18.2. The fourth-order valence-corrected chi connectivity index (χ4v) is 3.75. The summed E-state index contributed by atoms with van der Waals surface area (Å²) in [5.41, 5.74) is 2.29. The van der Waals surface area contributed by atoms with Crippen LogP contribution in [0.15, 0.2) is 83.9 Å². The van der Waals surface area contributed by atoms with Gasteiger partial charge in [0, 0.05) is 6.42 Å². The van der Waals surface area contributed by atoms with Gasteiger partial charge in [0.25, 0.3) is 0 Å². The quantitative estimate of drug-likeness (QED) is 0.450. The summed E-state index contributed by atoms with van der Waals surface area (Å²) >= 11 is 0. The molecule has 0 saturated carbocycles. The standard InChI is InChI=1S/C25H20F4N2O2/c1-16-12-13-17(14-20(16)26)15-21-30-22(18-8-4-2-5-9-18)23(19-10-6-3-7-11-19)31(21)33-24(32)25(27,28)29/h2-14,22-23H,15H2,1H3. The van der Waals surface area contributed by atoms with E-state index >= 15 is 0 Å². The molecule has 0 spiro atoms. The third kappa shape index (κ3) is 4.89.